The zero-order valence-corrected chi connectivity index (χ0v) is 10.4. The Hall–Kier alpha value is -1.29. The third-order valence-electron chi connectivity index (χ3n) is 2.53. The van der Waals surface area contributed by atoms with E-state index in [1.165, 1.54) is 0 Å². The third kappa shape index (κ3) is 2.85. The van der Waals surface area contributed by atoms with Gasteiger partial charge in [0.1, 0.15) is 5.69 Å². The van der Waals surface area contributed by atoms with E-state index in [2.05, 4.69) is 5.32 Å². The van der Waals surface area contributed by atoms with Gasteiger partial charge in [-0.1, -0.05) is 0 Å². The number of hydrogen-bond acceptors (Lipinski definition) is 2. The zero-order valence-electron chi connectivity index (χ0n) is 10.4. The highest BCUT2D eigenvalue weighted by atomic mass is 16.2. The number of nitrogens with two attached hydrogens (primary N) is 1. The summed E-state index contributed by atoms with van der Waals surface area (Å²) < 4.78 is 1.95. The molecular weight excluding hydrogens is 202 g/mol. The van der Waals surface area contributed by atoms with Crippen molar-refractivity contribution in [3.8, 4) is 0 Å². The van der Waals surface area contributed by atoms with Gasteiger partial charge in [-0.05, 0) is 39.8 Å². The van der Waals surface area contributed by atoms with Crippen LogP contribution in [0.3, 0.4) is 0 Å². The Labute approximate surface area is 96.8 Å². The standard InChI is InChI=1S/C12H21N3O/c1-9(2)15-7-5-6-10(15)11(16)14-12(3,4)8-13/h5-7,9H,8,13H2,1-4H3,(H,14,16). The van der Waals surface area contributed by atoms with Crippen molar-refractivity contribution in [3.63, 3.8) is 0 Å². The molecule has 1 aromatic rings. The number of rotatable bonds is 4. The first-order chi connectivity index (χ1) is 7.37. The first-order valence-corrected chi connectivity index (χ1v) is 5.57. The lowest BCUT2D eigenvalue weighted by atomic mass is 10.1. The van der Waals surface area contributed by atoms with Crippen molar-refractivity contribution in [2.75, 3.05) is 6.54 Å². The van der Waals surface area contributed by atoms with Crippen LogP contribution in [0.2, 0.25) is 0 Å². The number of carbonyl (C=O) groups excluding carboxylic acids is 1. The fourth-order valence-corrected chi connectivity index (χ4v) is 1.46. The van der Waals surface area contributed by atoms with E-state index in [0.717, 1.165) is 0 Å². The minimum Gasteiger partial charge on any atom is -0.345 e. The van der Waals surface area contributed by atoms with E-state index in [9.17, 15) is 4.79 Å². The quantitative estimate of drug-likeness (QED) is 0.813. The van der Waals surface area contributed by atoms with Gasteiger partial charge in [0, 0.05) is 24.3 Å². The van der Waals surface area contributed by atoms with Gasteiger partial charge in [0.05, 0.1) is 0 Å². The van der Waals surface area contributed by atoms with E-state index in [0.29, 0.717) is 12.2 Å². The van der Waals surface area contributed by atoms with Crippen molar-refractivity contribution in [1.82, 2.24) is 9.88 Å². The lowest BCUT2D eigenvalue weighted by Crippen LogP contribution is -2.49. The Morgan fingerprint density at radius 2 is 2.19 bits per heavy atom. The summed E-state index contributed by atoms with van der Waals surface area (Å²) in [4.78, 5) is 12.0. The second kappa shape index (κ2) is 4.70. The molecule has 0 bridgehead atoms. The van der Waals surface area contributed by atoms with Gasteiger partial charge in [-0.2, -0.15) is 0 Å². The van der Waals surface area contributed by atoms with Crippen LogP contribution in [0.15, 0.2) is 18.3 Å². The molecule has 0 aliphatic carbocycles. The monoisotopic (exact) mass is 223 g/mol. The molecular formula is C12H21N3O. The molecule has 0 saturated heterocycles. The van der Waals surface area contributed by atoms with Gasteiger partial charge in [0.15, 0.2) is 0 Å². The SMILES string of the molecule is CC(C)n1cccc1C(=O)NC(C)(C)CN. The van der Waals surface area contributed by atoms with Crippen LogP contribution in [-0.4, -0.2) is 22.6 Å². The van der Waals surface area contributed by atoms with Crippen LogP contribution in [0.4, 0.5) is 0 Å². The molecule has 0 atom stereocenters. The summed E-state index contributed by atoms with van der Waals surface area (Å²) >= 11 is 0. The number of carbonyl (C=O) groups is 1. The van der Waals surface area contributed by atoms with Crippen molar-refractivity contribution < 1.29 is 4.79 Å². The van der Waals surface area contributed by atoms with Crippen molar-refractivity contribution in [1.29, 1.82) is 0 Å². The second-order valence-electron chi connectivity index (χ2n) is 4.94. The molecule has 1 heterocycles. The zero-order chi connectivity index (χ0) is 12.3. The minimum atomic E-state index is -0.372. The lowest BCUT2D eigenvalue weighted by molar-refractivity contribution is 0.0904. The average Bonchev–Trinajstić information content (AvgIpc) is 2.65. The highest BCUT2D eigenvalue weighted by Gasteiger charge is 2.21. The molecule has 0 fully saturated rings. The second-order valence-corrected chi connectivity index (χ2v) is 4.94. The fraction of sp³-hybridized carbons (Fsp3) is 0.583. The maximum Gasteiger partial charge on any atom is 0.268 e. The van der Waals surface area contributed by atoms with E-state index >= 15 is 0 Å². The van der Waals surface area contributed by atoms with Crippen LogP contribution in [0, 0.1) is 0 Å². The van der Waals surface area contributed by atoms with E-state index in [1.54, 1.807) is 0 Å². The Morgan fingerprint density at radius 1 is 1.56 bits per heavy atom. The molecule has 90 valence electrons. The third-order valence-corrected chi connectivity index (χ3v) is 2.53. The molecule has 4 heteroatoms. The Kier molecular flexibility index (Phi) is 3.75. The smallest absolute Gasteiger partial charge is 0.268 e. The van der Waals surface area contributed by atoms with E-state index in [-0.39, 0.29) is 17.5 Å². The average molecular weight is 223 g/mol. The molecule has 0 aliphatic heterocycles. The Morgan fingerprint density at radius 3 is 2.69 bits per heavy atom. The maximum absolute atomic E-state index is 12.0. The molecule has 4 nitrogen and oxygen atoms in total. The molecule has 0 unspecified atom stereocenters. The van der Waals surface area contributed by atoms with Gasteiger partial charge >= 0.3 is 0 Å². The number of aromatic nitrogens is 1. The molecule has 16 heavy (non-hydrogen) atoms. The van der Waals surface area contributed by atoms with Crippen LogP contribution in [0.5, 0.6) is 0 Å². The summed E-state index contributed by atoms with van der Waals surface area (Å²) in [6.07, 6.45) is 1.91. The lowest BCUT2D eigenvalue weighted by Gasteiger charge is -2.25. The molecule has 0 saturated carbocycles. The van der Waals surface area contributed by atoms with Crippen LogP contribution < -0.4 is 11.1 Å². The van der Waals surface area contributed by atoms with Crippen LogP contribution in [0.25, 0.3) is 0 Å². The van der Waals surface area contributed by atoms with Gasteiger partial charge in [-0.3, -0.25) is 4.79 Å². The topological polar surface area (TPSA) is 60.0 Å². The summed E-state index contributed by atoms with van der Waals surface area (Å²) in [5.74, 6) is -0.0749. The van der Waals surface area contributed by atoms with Gasteiger partial charge in [-0.15, -0.1) is 0 Å². The van der Waals surface area contributed by atoms with Gasteiger partial charge in [-0.25, -0.2) is 0 Å². The number of nitrogens with one attached hydrogen (secondary N) is 1. The Balaban J connectivity index is 2.85. The van der Waals surface area contributed by atoms with Crippen molar-refractivity contribution in [2.24, 2.45) is 5.73 Å². The molecule has 0 aliphatic rings. The molecule has 3 N–H and O–H groups in total. The van der Waals surface area contributed by atoms with Crippen LogP contribution >= 0.6 is 0 Å². The predicted octanol–water partition coefficient (Wildman–Crippen LogP) is 1.54. The molecule has 0 radical (unpaired) electrons. The minimum absolute atomic E-state index is 0.0749. The van der Waals surface area contributed by atoms with Gasteiger partial charge < -0.3 is 15.6 Å². The van der Waals surface area contributed by atoms with Crippen molar-refractivity contribution in [2.45, 2.75) is 39.3 Å². The number of hydrogen-bond donors (Lipinski definition) is 2. The fourth-order valence-electron chi connectivity index (χ4n) is 1.46. The normalized spacial score (nSPS) is 11.9. The molecule has 1 amide bonds. The highest BCUT2D eigenvalue weighted by molar-refractivity contribution is 5.93. The summed E-state index contributed by atoms with van der Waals surface area (Å²) in [6.45, 7) is 8.33. The van der Waals surface area contributed by atoms with Gasteiger partial charge in [0.25, 0.3) is 5.91 Å². The first kappa shape index (κ1) is 12.8. The van der Waals surface area contributed by atoms with Crippen molar-refractivity contribution in [3.05, 3.63) is 24.0 Å². The van der Waals surface area contributed by atoms with E-state index in [1.807, 2.05) is 50.6 Å². The predicted molar refractivity (Wildman–Crippen MR) is 65.4 cm³/mol. The summed E-state index contributed by atoms with van der Waals surface area (Å²) in [5, 5.41) is 2.92. The molecule has 1 aromatic heterocycles. The van der Waals surface area contributed by atoms with E-state index in [4.69, 9.17) is 5.73 Å². The van der Waals surface area contributed by atoms with Gasteiger partial charge in [0.2, 0.25) is 0 Å². The van der Waals surface area contributed by atoms with Crippen LogP contribution in [0.1, 0.15) is 44.2 Å². The summed E-state index contributed by atoms with van der Waals surface area (Å²) in [7, 11) is 0. The summed E-state index contributed by atoms with van der Waals surface area (Å²) in [6, 6.07) is 3.98. The molecule has 0 aromatic carbocycles. The largest absolute Gasteiger partial charge is 0.345 e. The highest BCUT2D eigenvalue weighted by Crippen LogP contribution is 2.12. The first-order valence-electron chi connectivity index (χ1n) is 5.57. The van der Waals surface area contributed by atoms with Crippen LogP contribution in [-0.2, 0) is 0 Å². The van der Waals surface area contributed by atoms with Crippen molar-refractivity contribution >= 4 is 5.91 Å². The maximum atomic E-state index is 12.0. The molecule has 0 spiro atoms. The van der Waals surface area contributed by atoms with E-state index < -0.39 is 0 Å². The Bertz CT molecular complexity index is 366. The number of amides is 1. The molecule has 1 rings (SSSR count). The number of nitrogens with zero attached hydrogens (tertiary/aromatic N) is 1. The summed E-state index contributed by atoms with van der Waals surface area (Å²) in [5.41, 5.74) is 5.89.